The predicted octanol–water partition coefficient (Wildman–Crippen LogP) is 3.43. The number of pyridine rings is 2. The molecule has 1 unspecified atom stereocenters. The molecule has 1 amide bonds. The van der Waals surface area contributed by atoms with Crippen molar-refractivity contribution in [2.24, 2.45) is 0 Å². The zero-order chi connectivity index (χ0) is 23.8. The molecule has 0 bridgehead atoms. The van der Waals surface area contributed by atoms with Crippen molar-refractivity contribution in [2.75, 3.05) is 19.7 Å². The quantitative estimate of drug-likeness (QED) is 0.414. The summed E-state index contributed by atoms with van der Waals surface area (Å²) in [7, 11) is 0. The van der Waals surface area contributed by atoms with Gasteiger partial charge in [0.2, 0.25) is 11.8 Å². The fourth-order valence-corrected chi connectivity index (χ4v) is 4.81. The molecule has 1 aliphatic heterocycles. The van der Waals surface area contributed by atoms with Crippen molar-refractivity contribution in [3.8, 4) is 17.1 Å². The zero-order valence-electron chi connectivity index (χ0n) is 18.2. The van der Waals surface area contributed by atoms with Gasteiger partial charge in [0.15, 0.2) is 0 Å². The fraction of sp³-hybridized carbons (Fsp3) is 0.318. The van der Waals surface area contributed by atoms with Crippen LogP contribution in [-0.4, -0.2) is 65.6 Å². The molecule has 0 radical (unpaired) electrons. The standard InChI is InChI=1S/C22H21Cl2N7O3/c1-12(20-15(23)7-25-8-16(20)24)34-18-3-2-17-22(27-18)21(29-28-17)13-6-26-31(9-13)14-4-5-30(10-14)19(33)11-32/h2-3,6-9,12,14,32H,4-5,10-11H2,1H3,(H,28,29)/t12-,14?/m1/s1. The van der Waals surface area contributed by atoms with E-state index in [-0.39, 0.29) is 11.9 Å². The highest BCUT2D eigenvalue weighted by molar-refractivity contribution is 6.35. The smallest absolute Gasteiger partial charge is 0.248 e. The molecule has 5 rings (SSSR count). The van der Waals surface area contributed by atoms with E-state index < -0.39 is 12.7 Å². The van der Waals surface area contributed by atoms with E-state index in [4.69, 9.17) is 33.0 Å². The van der Waals surface area contributed by atoms with Gasteiger partial charge < -0.3 is 14.7 Å². The number of H-pyrrole nitrogens is 1. The minimum atomic E-state index is -0.482. The molecule has 1 saturated heterocycles. The molecule has 0 spiro atoms. The van der Waals surface area contributed by atoms with Gasteiger partial charge in [-0.25, -0.2) is 4.98 Å². The molecule has 1 aliphatic rings. The fourth-order valence-electron chi connectivity index (χ4n) is 4.14. The largest absolute Gasteiger partial charge is 0.470 e. The maximum absolute atomic E-state index is 11.8. The van der Waals surface area contributed by atoms with Crippen molar-refractivity contribution < 1.29 is 14.6 Å². The molecule has 0 saturated carbocycles. The number of amides is 1. The first-order valence-electron chi connectivity index (χ1n) is 10.7. The van der Waals surface area contributed by atoms with E-state index in [1.54, 1.807) is 17.2 Å². The SMILES string of the molecule is C[C@@H](Oc1ccc2[nH]nc(-c3cnn(C4CCN(C(=O)CO)C4)c3)c2n1)c1c(Cl)cncc1Cl. The summed E-state index contributed by atoms with van der Waals surface area (Å²) in [5.41, 5.74) is 3.46. The number of hydrogen-bond donors (Lipinski definition) is 2. The van der Waals surface area contributed by atoms with Crippen LogP contribution in [0.5, 0.6) is 5.88 Å². The summed E-state index contributed by atoms with van der Waals surface area (Å²) in [5, 5.41) is 21.8. The van der Waals surface area contributed by atoms with Crippen molar-refractivity contribution in [3.63, 3.8) is 0 Å². The van der Waals surface area contributed by atoms with Gasteiger partial charge in [0, 0.05) is 48.9 Å². The van der Waals surface area contributed by atoms with Gasteiger partial charge in [-0.05, 0) is 19.4 Å². The predicted molar refractivity (Wildman–Crippen MR) is 126 cm³/mol. The van der Waals surface area contributed by atoms with Crippen molar-refractivity contribution >= 4 is 40.1 Å². The summed E-state index contributed by atoms with van der Waals surface area (Å²) >= 11 is 12.5. The number of ether oxygens (including phenoxy) is 1. The van der Waals surface area contributed by atoms with E-state index in [0.29, 0.717) is 45.8 Å². The van der Waals surface area contributed by atoms with Crippen LogP contribution in [0.2, 0.25) is 10.0 Å². The van der Waals surface area contributed by atoms with Gasteiger partial charge in [-0.2, -0.15) is 10.2 Å². The molecule has 0 aliphatic carbocycles. The minimum Gasteiger partial charge on any atom is -0.470 e. The number of carbonyl (C=O) groups is 1. The second-order valence-corrected chi connectivity index (χ2v) is 8.86. The van der Waals surface area contributed by atoms with Gasteiger partial charge >= 0.3 is 0 Å². The van der Waals surface area contributed by atoms with Crippen LogP contribution in [0, 0.1) is 0 Å². The third-order valence-corrected chi connectivity index (χ3v) is 6.48. The number of fused-ring (bicyclic) bond motifs is 1. The Bertz CT molecular complexity index is 1340. The van der Waals surface area contributed by atoms with Crippen molar-refractivity contribution in [3.05, 3.63) is 52.5 Å². The number of aliphatic hydroxyl groups excluding tert-OH is 1. The number of halogens is 2. The second-order valence-electron chi connectivity index (χ2n) is 8.04. The van der Waals surface area contributed by atoms with Crippen LogP contribution < -0.4 is 4.74 Å². The Hall–Kier alpha value is -3.21. The van der Waals surface area contributed by atoms with E-state index in [1.807, 2.05) is 23.9 Å². The summed E-state index contributed by atoms with van der Waals surface area (Å²) in [6.07, 6.45) is 6.98. The highest BCUT2D eigenvalue weighted by Gasteiger charge is 2.28. The molecular weight excluding hydrogens is 481 g/mol. The second kappa shape index (κ2) is 9.21. The number of aliphatic hydroxyl groups is 1. The monoisotopic (exact) mass is 501 g/mol. The molecule has 2 atom stereocenters. The van der Waals surface area contributed by atoms with Crippen molar-refractivity contribution in [1.29, 1.82) is 0 Å². The lowest BCUT2D eigenvalue weighted by Gasteiger charge is -2.16. The Balaban J connectivity index is 1.39. The Morgan fingerprint density at radius 1 is 1.29 bits per heavy atom. The van der Waals surface area contributed by atoms with Gasteiger partial charge in [0.05, 0.1) is 27.8 Å². The van der Waals surface area contributed by atoms with E-state index in [0.717, 1.165) is 17.5 Å². The molecule has 12 heteroatoms. The van der Waals surface area contributed by atoms with Crippen LogP contribution in [0.25, 0.3) is 22.3 Å². The van der Waals surface area contributed by atoms with Crippen molar-refractivity contribution in [1.82, 2.24) is 34.8 Å². The molecule has 10 nitrogen and oxygen atoms in total. The Kier molecular flexibility index (Phi) is 6.11. The topological polar surface area (TPSA) is 122 Å². The van der Waals surface area contributed by atoms with Crippen molar-refractivity contribution in [2.45, 2.75) is 25.5 Å². The Labute approximate surface area is 204 Å². The molecule has 4 aromatic heterocycles. The first-order valence-corrected chi connectivity index (χ1v) is 11.4. The number of rotatable bonds is 6. The van der Waals surface area contributed by atoms with Crippen LogP contribution >= 0.6 is 23.2 Å². The molecule has 1 fully saturated rings. The molecular formula is C22H21Cl2N7O3. The summed E-state index contributed by atoms with van der Waals surface area (Å²) in [6.45, 7) is 2.46. The maximum atomic E-state index is 11.8. The summed E-state index contributed by atoms with van der Waals surface area (Å²) in [4.78, 5) is 22.0. The summed E-state index contributed by atoms with van der Waals surface area (Å²) in [5.74, 6) is 0.126. The molecule has 2 N–H and O–H groups in total. The number of carbonyl (C=O) groups excluding carboxylic acids is 1. The lowest BCUT2D eigenvalue weighted by molar-refractivity contribution is -0.133. The Morgan fingerprint density at radius 3 is 2.85 bits per heavy atom. The van der Waals surface area contributed by atoms with Gasteiger partial charge in [0.1, 0.15) is 23.9 Å². The summed E-state index contributed by atoms with van der Waals surface area (Å²) < 4.78 is 7.86. The van der Waals surface area contributed by atoms with Gasteiger partial charge in [-0.15, -0.1) is 0 Å². The lowest BCUT2D eigenvalue weighted by Crippen LogP contribution is -2.31. The third-order valence-electron chi connectivity index (χ3n) is 5.88. The van der Waals surface area contributed by atoms with Crippen LogP contribution in [-0.2, 0) is 4.79 Å². The van der Waals surface area contributed by atoms with E-state index in [2.05, 4.69) is 25.3 Å². The van der Waals surface area contributed by atoms with Crippen LogP contribution in [0.3, 0.4) is 0 Å². The molecule has 34 heavy (non-hydrogen) atoms. The Morgan fingerprint density at radius 2 is 2.09 bits per heavy atom. The minimum absolute atomic E-state index is 0.0389. The average Bonchev–Trinajstić information content (AvgIpc) is 3.57. The maximum Gasteiger partial charge on any atom is 0.248 e. The number of likely N-dealkylation sites (tertiary alicyclic amines) is 1. The van der Waals surface area contributed by atoms with Crippen LogP contribution in [0.15, 0.2) is 36.9 Å². The zero-order valence-corrected chi connectivity index (χ0v) is 19.7. The highest BCUT2D eigenvalue weighted by atomic mass is 35.5. The number of aromatic amines is 1. The normalized spacial score (nSPS) is 16.8. The van der Waals surface area contributed by atoms with Gasteiger partial charge in [-0.3, -0.25) is 19.6 Å². The van der Waals surface area contributed by atoms with Crippen LogP contribution in [0.1, 0.15) is 31.1 Å². The first-order chi connectivity index (χ1) is 16.4. The van der Waals surface area contributed by atoms with Crippen LogP contribution in [0.4, 0.5) is 0 Å². The number of aromatic nitrogens is 6. The number of hydrogen-bond acceptors (Lipinski definition) is 7. The summed E-state index contributed by atoms with van der Waals surface area (Å²) in [6, 6.07) is 3.63. The average molecular weight is 502 g/mol. The van der Waals surface area contributed by atoms with E-state index in [9.17, 15) is 4.79 Å². The molecule has 4 aromatic rings. The van der Waals surface area contributed by atoms with E-state index >= 15 is 0 Å². The highest BCUT2D eigenvalue weighted by Crippen LogP contribution is 2.33. The van der Waals surface area contributed by atoms with Gasteiger partial charge in [-0.1, -0.05) is 23.2 Å². The lowest BCUT2D eigenvalue weighted by atomic mass is 10.2. The molecule has 176 valence electrons. The number of nitrogens with one attached hydrogen (secondary N) is 1. The first kappa shape index (κ1) is 22.6. The van der Waals surface area contributed by atoms with Gasteiger partial charge in [0.25, 0.3) is 0 Å². The molecule has 0 aromatic carbocycles. The third kappa shape index (κ3) is 4.20. The number of nitrogens with zero attached hydrogens (tertiary/aromatic N) is 6. The molecule has 5 heterocycles. The van der Waals surface area contributed by atoms with E-state index in [1.165, 1.54) is 12.4 Å².